The summed E-state index contributed by atoms with van der Waals surface area (Å²) in [6, 6.07) is 3.73. The molecule has 2 aliphatic rings. The van der Waals surface area contributed by atoms with Gasteiger partial charge in [0.2, 0.25) is 5.91 Å². The van der Waals surface area contributed by atoms with E-state index in [0.29, 0.717) is 37.7 Å². The van der Waals surface area contributed by atoms with Crippen LogP contribution in [0.1, 0.15) is 42.1 Å². The van der Waals surface area contributed by atoms with Crippen molar-refractivity contribution in [2.75, 3.05) is 6.54 Å². The molecule has 1 aliphatic carbocycles. The van der Waals surface area contributed by atoms with Crippen LogP contribution in [0.25, 0.3) is 0 Å². The van der Waals surface area contributed by atoms with E-state index >= 15 is 0 Å². The third-order valence-corrected chi connectivity index (χ3v) is 4.34. The number of pyridine rings is 1. The fourth-order valence-corrected chi connectivity index (χ4v) is 2.94. The molecular formula is C16H18N6O2. The quantitative estimate of drug-likeness (QED) is 0.886. The van der Waals surface area contributed by atoms with Crippen LogP contribution < -0.4 is 5.32 Å². The highest BCUT2D eigenvalue weighted by Crippen LogP contribution is 2.41. The van der Waals surface area contributed by atoms with Crippen LogP contribution in [0.3, 0.4) is 0 Å². The first-order chi connectivity index (χ1) is 11.7. The molecule has 1 N–H and O–H groups in total. The Morgan fingerprint density at radius 2 is 2.12 bits per heavy atom. The number of amides is 3. The van der Waals surface area contributed by atoms with Crippen molar-refractivity contribution < 1.29 is 9.59 Å². The highest BCUT2D eigenvalue weighted by Gasteiger charge is 2.27. The molecule has 0 bridgehead atoms. The number of carbonyl (C=O) groups is 2. The number of carbonyl (C=O) groups excluding carboxylic acids is 2. The van der Waals surface area contributed by atoms with Gasteiger partial charge in [-0.15, -0.1) is 5.10 Å². The minimum atomic E-state index is -0.374. The fourth-order valence-electron chi connectivity index (χ4n) is 2.94. The third kappa shape index (κ3) is 3.12. The Kier molecular flexibility index (Phi) is 3.72. The van der Waals surface area contributed by atoms with Crippen molar-refractivity contribution in [1.29, 1.82) is 0 Å². The van der Waals surface area contributed by atoms with Crippen molar-refractivity contribution in [3.63, 3.8) is 0 Å². The average molecular weight is 326 g/mol. The summed E-state index contributed by atoms with van der Waals surface area (Å²) in [5, 5.41) is 10.6. The van der Waals surface area contributed by atoms with Gasteiger partial charge in [-0.3, -0.25) is 15.1 Å². The van der Waals surface area contributed by atoms with Gasteiger partial charge in [0, 0.05) is 19.2 Å². The van der Waals surface area contributed by atoms with E-state index in [4.69, 9.17) is 0 Å². The first kappa shape index (κ1) is 14.8. The van der Waals surface area contributed by atoms with Gasteiger partial charge in [-0.2, -0.15) is 0 Å². The summed E-state index contributed by atoms with van der Waals surface area (Å²) in [4.78, 5) is 29.0. The standard InChI is InChI=1S/C16H18N6O2/c23-15-5-7-21(16(24)18-15)8-12-9-22(20-19-12)10-14-13(11-3-4-11)2-1-6-17-14/h1-2,6,9,11H,3-5,7-8,10H2,(H,18,23,24). The smallest absolute Gasteiger partial charge is 0.318 e. The van der Waals surface area contributed by atoms with Crippen molar-refractivity contribution >= 4 is 11.9 Å². The van der Waals surface area contributed by atoms with Gasteiger partial charge in [-0.1, -0.05) is 11.3 Å². The van der Waals surface area contributed by atoms with E-state index in [-0.39, 0.29) is 11.9 Å². The van der Waals surface area contributed by atoms with Crippen LogP contribution in [0, 0.1) is 0 Å². The van der Waals surface area contributed by atoms with Crippen LogP contribution in [0.2, 0.25) is 0 Å². The van der Waals surface area contributed by atoms with E-state index in [2.05, 4.69) is 26.7 Å². The van der Waals surface area contributed by atoms with Crippen LogP contribution >= 0.6 is 0 Å². The van der Waals surface area contributed by atoms with Gasteiger partial charge in [0.25, 0.3) is 0 Å². The Balaban J connectivity index is 1.44. The number of nitrogens with one attached hydrogen (secondary N) is 1. The van der Waals surface area contributed by atoms with Crippen molar-refractivity contribution in [3.8, 4) is 0 Å². The van der Waals surface area contributed by atoms with Gasteiger partial charge in [-0.25, -0.2) is 9.48 Å². The molecule has 0 spiro atoms. The van der Waals surface area contributed by atoms with Gasteiger partial charge in [0.15, 0.2) is 0 Å². The molecule has 0 unspecified atom stereocenters. The SMILES string of the molecule is O=C1CCN(Cc2cn(Cc3ncccc3C3CC3)nn2)C(=O)N1. The van der Waals surface area contributed by atoms with Crippen LogP contribution in [-0.4, -0.2) is 43.4 Å². The first-order valence-corrected chi connectivity index (χ1v) is 8.10. The van der Waals surface area contributed by atoms with E-state index in [0.717, 1.165) is 5.69 Å². The largest absolute Gasteiger partial charge is 0.324 e. The fraction of sp³-hybridized carbons (Fsp3) is 0.438. The van der Waals surface area contributed by atoms with Gasteiger partial charge in [0.05, 0.1) is 25.0 Å². The van der Waals surface area contributed by atoms with E-state index in [9.17, 15) is 9.59 Å². The van der Waals surface area contributed by atoms with Gasteiger partial charge >= 0.3 is 6.03 Å². The van der Waals surface area contributed by atoms with Gasteiger partial charge < -0.3 is 4.90 Å². The Hall–Kier alpha value is -2.77. The number of hydrogen-bond donors (Lipinski definition) is 1. The van der Waals surface area contributed by atoms with E-state index in [1.807, 2.05) is 12.3 Å². The lowest BCUT2D eigenvalue weighted by Crippen LogP contribution is -2.48. The number of rotatable bonds is 5. The molecule has 2 aromatic rings. The Morgan fingerprint density at radius 1 is 1.25 bits per heavy atom. The predicted octanol–water partition coefficient (Wildman–Crippen LogP) is 1.04. The molecule has 3 amide bonds. The molecule has 24 heavy (non-hydrogen) atoms. The zero-order valence-corrected chi connectivity index (χ0v) is 13.2. The van der Waals surface area contributed by atoms with Crippen molar-refractivity contribution in [2.24, 2.45) is 0 Å². The molecule has 4 rings (SSSR count). The normalized spacial score (nSPS) is 17.9. The molecule has 0 radical (unpaired) electrons. The van der Waals surface area contributed by atoms with Crippen molar-refractivity contribution in [3.05, 3.63) is 41.5 Å². The molecule has 2 fully saturated rings. The number of imide groups is 1. The monoisotopic (exact) mass is 326 g/mol. The minimum Gasteiger partial charge on any atom is -0.318 e. The molecule has 1 saturated heterocycles. The van der Waals surface area contributed by atoms with Gasteiger partial charge in [0.1, 0.15) is 5.69 Å². The lowest BCUT2D eigenvalue weighted by molar-refractivity contribution is -0.121. The van der Waals surface area contributed by atoms with Crippen LogP contribution in [0.15, 0.2) is 24.5 Å². The second-order valence-electron chi connectivity index (χ2n) is 6.25. The second kappa shape index (κ2) is 6.03. The molecule has 0 aromatic carbocycles. The highest BCUT2D eigenvalue weighted by molar-refractivity contribution is 5.96. The predicted molar refractivity (Wildman–Crippen MR) is 83.9 cm³/mol. The zero-order chi connectivity index (χ0) is 16.5. The number of nitrogens with zero attached hydrogens (tertiary/aromatic N) is 5. The van der Waals surface area contributed by atoms with Crippen molar-refractivity contribution in [1.82, 2.24) is 30.2 Å². The van der Waals surface area contributed by atoms with E-state index in [1.54, 1.807) is 15.8 Å². The zero-order valence-electron chi connectivity index (χ0n) is 13.2. The summed E-state index contributed by atoms with van der Waals surface area (Å²) >= 11 is 0. The molecule has 1 saturated carbocycles. The van der Waals surface area contributed by atoms with E-state index < -0.39 is 0 Å². The summed E-state index contributed by atoms with van der Waals surface area (Å²) in [7, 11) is 0. The van der Waals surface area contributed by atoms with Crippen LogP contribution in [0.4, 0.5) is 4.79 Å². The lowest BCUT2D eigenvalue weighted by atomic mass is 10.1. The molecule has 8 nitrogen and oxygen atoms in total. The van der Waals surface area contributed by atoms with Gasteiger partial charge in [-0.05, 0) is 30.4 Å². The summed E-state index contributed by atoms with van der Waals surface area (Å²) in [6.07, 6.45) is 6.40. The number of hydrogen-bond acceptors (Lipinski definition) is 5. The highest BCUT2D eigenvalue weighted by atomic mass is 16.2. The molecule has 2 aromatic heterocycles. The van der Waals surface area contributed by atoms with Crippen LogP contribution in [0.5, 0.6) is 0 Å². The summed E-state index contributed by atoms with van der Waals surface area (Å²) in [6.45, 7) is 1.32. The van der Waals surface area contributed by atoms with E-state index in [1.165, 1.54) is 18.4 Å². The molecule has 124 valence electrons. The second-order valence-corrected chi connectivity index (χ2v) is 6.25. The maximum absolute atomic E-state index is 11.8. The molecule has 8 heteroatoms. The summed E-state index contributed by atoms with van der Waals surface area (Å²) in [5.41, 5.74) is 3.02. The Morgan fingerprint density at radius 3 is 2.92 bits per heavy atom. The molecule has 0 atom stereocenters. The summed E-state index contributed by atoms with van der Waals surface area (Å²) in [5.74, 6) is 0.397. The molecule has 3 heterocycles. The average Bonchev–Trinajstić information content (AvgIpc) is 3.32. The number of urea groups is 1. The molecule has 1 aliphatic heterocycles. The Labute approximate surface area is 138 Å². The maximum Gasteiger partial charge on any atom is 0.324 e. The summed E-state index contributed by atoms with van der Waals surface area (Å²) < 4.78 is 1.75. The Bertz CT molecular complexity index is 782. The molecular weight excluding hydrogens is 308 g/mol. The topological polar surface area (TPSA) is 93.0 Å². The minimum absolute atomic E-state index is 0.234. The number of aromatic nitrogens is 4. The van der Waals surface area contributed by atoms with Crippen molar-refractivity contribution in [2.45, 2.75) is 38.3 Å². The maximum atomic E-state index is 11.8. The first-order valence-electron chi connectivity index (χ1n) is 8.10. The van der Waals surface area contributed by atoms with Crippen LogP contribution in [-0.2, 0) is 17.9 Å². The third-order valence-electron chi connectivity index (χ3n) is 4.34. The lowest BCUT2D eigenvalue weighted by Gasteiger charge is -2.25.